The Hall–Kier alpha value is -0.570. The Morgan fingerprint density at radius 1 is 1.14 bits per heavy atom. The van der Waals surface area contributed by atoms with Crippen LogP contribution >= 0.6 is 0 Å². The quantitative estimate of drug-likeness (QED) is 0.780. The Kier molecular flexibility index (Phi) is 6.53. The van der Waals surface area contributed by atoms with Crippen molar-refractivity contribution >= 4 is 5.91 Å². The predicted octanol–water partition coefficient (Wildman–Crippen LogP) is 3.57. The van der Waals surface area contributed by atoms with E-state index in [4.69, 9.17) is 5.73 Å². The third-order valence-corrected chi connectivity index (χ3v) is 5.77. The molecule has 0 spiro atoms. The molecule has 0 aromatic carbocycles. The van der Waals surface area contributed by atoms with Crippen LogP contribution in [0, 0.1) is 17.8 Å². The lowest BCUT2D eigenvalue weighted by atomic mass is 9.88. The number of hydrogen-bond acceptors (Lipinski definition) is 2. The Morgan fingerprint density at radius 2 is 1.86 bits per heavy atom. The first kappa shape index (κ1) is 16.8. The Labute approximate surface area is 130 Å². The zero-order valence-electron chi connectivity index (χ0n) is 14.0. The molecule has 1 aliphatic heterocycles. The van der Waals surface area contributed by atoms with Gasteiger partial charge in [0.05, 0.1) is 0 Å². The number of hydrogen-bond donors (Lipinski definition) is 1. The summed E-state index contributed by atoms with van der Waals surface area (Å²) in [4.78, 5) is 14.9. The topological polar surface area (TPSA) is 46.3 Å². The van der Waals surface area contributed by atoms with Crippen LogP contribution in [0.2, 0.25) is 0 Å². The Bertz CT molecular complexity index is 323. The Morgan fingerprint density at radius 3 is 2.48 bits per heavy atom. The fourth-order valence-electron chi connectivity index (χ4n) is 4.41. The van der Waals surface area contributed by atoms with Crippen LogP contribution in [0.15, 0.2) is 0 Å². The van der Waals surface area contributed by atoms with Crippen LogP contribution in [0.4, 0.5) is 0 Å². The van der Waals surface area contributed by atoms with Gasteiger partial charge in [0.1, 0.15) is 0 Å². The zero-order chi connectivity index (χ0) is 15.2. The van der Waals surface area contributed by atoms with Gasteiger partial charge in [0.25, 0.3) is 0 Å². The van der Waals surface area contributed by atoms with Crippen LogP contribution in [0.3, 0.4) is 0 Å². The highest BCUT2D eigenvalue weighted by Gasteiger charge is 2.35. The maximum absolute atomic E-state index is 12.6. The number of nitrogens with zero attached hydrogens (tertiary/aromatic N) is 1. The van der Waals surface area contributed by atoms with Crippen LogP contribution in [0.1, 0.15) is 71.6 Å². The third kappa shape index (κ3) is 4.45. The minimum Gasteiger partial charge on any atom is -0.339 e. The summed E-state index contributed by atoms with van der Waals surface area (Å²) in [6.07, 6.45) is 10.7. The summed E-state index contributed by atoms with van der Waals surface area (Å²) < 4.78 is 0. The van der Waals surface area contributed by atoms with Crippen LogP contribution in [-0.2, 0) is 4.79 Å². The highest BCUT2D eigenvalue weighted by molar-refractivity contribution is 5.76. The van der Waals surface area contributed by atoms with Gasteiger partial charge in [0.2, 0.25) is 5.91 Å². The van der Waals surface area contributed by atoms with Gasteiger partial charge in [0, 0.05) is 19.0 Å². The summed E-state index contributed by atoms with van der Waals surface area (Å²) in [6.45, 7) is 6.25. The van der Waals surface area contributed by atoms with Gasteiger partial charge in [-0.05, 0) is 62.8 Å². The second-order valence-corrected chi connectivity index (χ2v) is 7.46. The normalized spacial score (nSPS) is 25.0. The van der Waals surface area contributed by atoms with E-state index in [9.17, 15) is 4.79 Å². The largest absolute Gasteiger partial charge is 0.339 e. The van der Waals surface area contributed by atoms with E-state index in [1.807, 2.05) is 0 Å². The van der Waals surface area contributed by atoms with E-state index >= 15 is 0 Å². The number of amides is 1. The van der Waals surface area contributed by atoms with Crippen molar-refractivity contribution in [2.24, 2.45) is 23.5 Å². The molecule has 1 aliphatic carbocycles. The van der Waals surface area contributed by atoms with E-state index in [0.717, 1.165) is 38.3 Å². The molecule has 0 radical (unpaired) electrons. The molecule has 3 heteroatoms. The average Bonchev–Trinajstić information content (AvgIpc) is 3.11. The average molecular weight is 294 g/mol. The van der Waals surface area contributed by atoms with E-state index in [0.29, 0.717) is 23.8 Å². The predicted molar refractivity (Wildman–Crippen MR) is 87.9 cm³/mol. The SMILES string of the molecule is CC(C)C(CCN)CCC(=O)N1CCCC1C1CCCC1. The van der Waals surface area contributed by atoms with E-state index < -0.39 is 0 Å². The van der Waals surface area contributed by atoms with Crippen molar-refractivity contribution < 1.29 is 4.79 Å². The van der Waals surface area contributed by atoms with E-state index in [1.165, 1.54) is 38.5 Å². The summed E-state index contributed by atoms with van der Waals surface area (Å²) in [5.41, 5.74) is 5.71. The molecule has 1 saturated carbocycles. The third-order valence-electron chi connectivity index (χ3n) is 5.77. The summed E-state index contributed by atoms with van der Waals surface area (Å²) >= 11 is 0. The van der Waals surface area contributed by atoms with Crippen molar-refractivity contribution in [1.29, 1.82) is 0 Å². The van der Waals surface area contributed by atoms with Crippen LogP contribution in [0.5, 0.6) is 0 Å². The van der Waals surface area contributed by atoms with Gasteiger partial charge in [-0.25, -0.2) is 0 Å². The molecular weight excluding hydrogens is 260 g/mol. The van der Waals surface area contributed by atoms with Crippen molar-refractivity contribution in [2.45, 2.75) is 77.7 Å². The number of likely N-dealkylation sites (tertiary alicyclic amines) is 1. The molecule has 0 aromatic rings. The van der Waals surface area contributed by atoms with E-state index in [2.05, 4.69) is 18.7 Å². The summed E-state index contributed by atoms with van der Waals surface area (Å²) in [7, 11) is 0. The fourth-order valence-corrected chi connectivity index (χ4v) is 4.41. The van der Waals surface area contributed by atoms with Gasteiger partial charge >= 0.3 is 0 Å². The summed E-state index contributed by atoms with van der Waals surface area (Å²) in [5.74, 6) is 2.44. The van der Waals surface area contributed by atoms with Gasteiger partial charge in [-0.3, -0.25) is 4.79 Å². The zero-order valence-corrected chi connectivity index (χ0v) is 14.0. The van der Waals surface area contributed by atoms with Crippen molar-refractivity contribution in [3.05, 3.63) is 0 Å². The van der Waals surface area contributed by atoms with Gasteiger partial charge in [-0.2, -0.15) is 0 Å². The molecule has 0 aromatic heterocycles. The second-order valence-electron chi connectivity index (χ2n) is 7.46. The van der Waals surface area contributed by atoms with Gasteiger partial charge in [0.15, 0.2) is 0 Å². The van der Waals surface area contributed by atoms with Gasteiger partial charge in [-0.15, -0.1) is 0 Å². The molecule has 2 unspecified atom stereocenters. The highest BCUT2D eigenvalue weighted by atomic mass is 16.2. The maximum Gasteiger partial charge on any atom is 0.222 e. The first-order chi connectivity index (χ1) is 10.1. The van der Waals surface area contributed by atoms with Crippen molar-refractivity contribution in [2.75, 3.05) is 13.1 Å². The van der Waals surface area contributed by atoms with Crippen molar-refractivity contribution in [1.82, 2.24) is 4.90 Å². The molecule has 1 saturated heterocycles. The first-order valence-electron chi connectivity index (χ1n) is 9.13. The highest BCUT2D eigenvalue weighted by Crippen LogP contribution is 2.36. The monoisotopic (exact) mass is 294 g/mol. The summed E-state index contributed by atoms with van der Waals surface area (Å²) in [6, 6.07) is 0.562. The molecule has 1 heterocycles. The van der Waals surface area contributed by atoms with Gasteiger partial charge in [-0.1, -0.05) is 26.7 Å². The molecule has 2 fully saturated rings. The molecule has 2 atom stereocenters. The number of nitrogens with two attached hydrogens (primary N) is 1. The van der Waals surface area contributed by atoms with Crippen molar-refractivity contribution in [3.8, 4) is 0 Å². The molecule has 0 bridgehead atoms. The van der Waals surface area contributed by atoms with Gasteiger partial charge < -0.3 is 10.6 Å². The summed E-state index contributed by atoms with van der Waals surface area (Å²) in [5, 5.41) is 0. The lowest BCUT2D eigenvalue weighted by Crippen LogP contribution is -2.39. The molecule has 3 nitrogen and oxygen atoms in total. The molecular formula is C18H34N2O. The molecule has 2 N–H and O–H groups in total. The lowest BCUT2D eigenvalue weighted by Gasteiger charge is -2.30. The van der Waals surface area contributed by atoms with Crippen LogP contribution in [0.25, 0.3) is 0 Å². The standard InChI is InChI=1S/C18H34N2O/c1-14(2)15(11-12-19)9-10-18(21)20-13-5-8-17(20)16-6-3-4-7-16/h14-17H,3-13,19H2,1-2H3. The molecule has 122 valence electrons. The second kappa shape index (κ2) is 8.17. The van der Waals surface area contributed by atoms with Crippen LogP contribution in [-0.4, -0.2) is 29.9 Å². The molecule has 21 heavy (non-hydrogen) atoms. The van der Waals surface area contributed by atoms with E-state index in [1.54, 1.807) is 0 Å². The van der Waals surface area contributed by atoms with Crippen LogP contribution < -0.4 is 5.73 Å². The number of carbonyl (C=O) groups excluding carboxylic acids is 1. The molecule has 2 rings (SSSR count). The smallest absolute Gasteiger partial charge is 0.222 e. The number of carbonyl (C=O) groups is 1. The Balaban J connectivity index is 1.83. The number of rotatable bonds is 7. The van der Waals surface area contributed by atoms with Crippen molar-refractivity contribution in [3.63, 3.8) is 0 Å². The van der Waals surface area contributed by atoms with E-state index in [-0.39, 0.29) is 0 Å². The molecule has 1 amide bonds. The minimum atomic E-state index is 0.409. The first-order valence-corrected chi connectivity index (χ1v) is 9.13. The molecule has 2 aliphatic rings. The minimum absolute atomic E-state index is 0.409. The fraction of sp³-hybridized carbons (Fsp3) is 0.944. The maximum atomic E-state index is 12.6. The lowest BCUT2D eigenvalue weighted by molar-refractivity contribution is -0.133.